The molecule has 0 saturated carbocycles. The molecule has 0 amide bonds. The van der Waals surface area contributed by atoms with Gasteiger partial charge in [-0.05, 0) is 30.7 Å². The molecule has 2 rings (SSSR count). The number of hydrogen-bond donors (Lipinski definition) is 2. The molecule has 1 aliphatic rings. The molecule has 0 aliphatic carbocycles. The van der Waals surface area contributed by atoms with Crippen LogP contribution in [0, 0.1) is 0 Å². The van der Waals surface area contributed by atoms with Crippen molar-refractivity contribution in [3.63, 3.8) is 0 Å². The summed E-state index contributed by atoms with van der Waals surface area (Å²) in [6, 6.07) is 4.66. The summed E-state index contributed by atoms with van der Waals surface area (Å²) < 4.78 is 27.2. The Labute approximate surface area is 116 Å². The molecule has 100 valence electrons. The third kappa shape index (κ3) is 3.12. The third-order valence-electron chi connectivity index (χ3n) is 2.75. The zero-order chi connectivity index (χ0) is 13.2. The minimum atomic E-state index is -3.64. The SMILES string of the molecule is Nc1cccc(Cl)c1S(=O)(=O)NC1CCCSC1. The average molecular weight is 307 g/mol. The van der Waals surface area contributed by atoms with E-state index in [0.717, 1.165) is 24.3 Å². The van der Waals surface area contributed by atoms with Gasteiger partial charge in [-0.2, -0.15) is 11.8 Å². The zero-order valence-corrected chi connectivity index (χ0v) is 12.1. The number of rotatable bonds is 3. The Morgan fingerprint density at radius 3 is 2.83 bits per heavy atom. The first-order chi connectivity index (χ1) is 8.50. The number of thioether (sulfide) groups is 1. The van der Waals surface area contributed by atoms with Crippen molar-refractivity contribution in [2.75, 3.05) is 17.2 Å². The first kappa shape index (κ1) is 14.0. The summed E-state index contributed by atoms with van der Waals surface area (Å²) in [5.74, 6) is 1.88. The lowest BCUT2D eigenvalue weighted by Crippen LogP contribution is -2.38. The van der Waals surface area contributed by atoms with Crippen LogP contribution in [0.4, 0.5) is 5.69 Å². The number of benzene rings is 1. The van der Waals surface area contributed by atoms with Gasteiger partial charge in [0.2, 0.25) is 10.0 Å². The molecule has 1 aromatic carbocycles. The predicted octanol–water partition coefficient (Wildman–Crippen LogP) is 2.10. The van der Waals surface area contributed by atoms with E-state index in [1.54, 1.807) is 17.8 Å². The van der Waals surface area contributed by atoms with Crippen LogP contribution >= 0.6 is 23.4 Å². The number of anilines is 1. The van der Waals surface area contributed by atoms with Crippen LogP contribution in [0.15, 0.2) is 23.1 Å². The molecule has 1 atom stereocenters. The van der Waals surface area contributed by atoms with Crippen molar-refractivity contribution < 1.29 is 8.42 Å². The second-order valence-electron chi connectivity index (χ2n) is 4.19. The largest absolute Gasteiger partial charge is 0.398 e. The van der Waals surface area contributed by atoms with Crippen molar-refractivity contribution in [3.05, 3.63) is 23.2 Å². The zero-order valence-electron chi connectivity index (χ0n) is 9.73. The van der Waals surface area contributed by atoms with E-state index in [9.17, 15) is 8.42 Å². The molecule has 1 saturated heterocycles. The second-order valence-corrected chi connectivity index (χ2v) is 7.40. The van der Waals surface area contributed by atoms with Crippen LogP contribution in [0.1, 0.15) is 12.8 Å². The molecule has 0 bridgehead atoms. The van der Waals surface area contributed by atoms with Gasteiger partial charge in [-0.25, -0.2) is 13.1 Å². The van der Waals surface area contributed by atoms with Gasteiger partial charge < -0.3 is 5.73 Å². The second kappa shape index (κ2) is 5.69. The number of hydrogen-bond acceptors (Lipinski definition) is 4. The molecule has 1 aromatic rings. The van der Waals surface area contributed by atoms with E-state index < -0.39 is 10.0 Å². The first-order valence-electron chi connectivity index (χ1n) is 5.65. The fourth-order valence-corrected chi connectivity index (χ4v) is 5.05. The number of nitrogens with one attached hydrogen (secondary N) is 1. The van der Waals surface area contributed by atoms with Crippen LogP contribution < -0.4 is 10.5 Å². The number of halogens is 1. The summed E-state index contributed by atoms with van der Waals surface area (Å²) >= 11 is 7.68. The van der Waals surface area contributed by atoms with Gasteiger partial charge in [-0.1, -0.05) is 17.7 Å². The van der Waals surface area contributed by atoms with Gasteiger partial charge in [-0.3, -0.25) is 0 Å². The van der Waals surface area contributed by atoms with Gasteiger partial charge in [0.1, 0.15) is 4.90 Å². The van der Waals surface area contributed by atoms with Gasteiger partial charge in [0.15, 0.2) is 0 Å². The van der Waals surface area contributed by atoms with Gasteiger partial charge in [-0.15, -0.1) is 0 Å². The van der Waals surface area contributed by atoms with E-state index in [4.69, 9.17) is 17.3 Å². The van der Waals surface area contributed by atoms with Gasteiger partial charge in [0.05, 0.1) is 10.7 Å². The minimum Gasteiger partial charge on any atom is -0.398 e. The van der Waals surface area contributed by atoms with E-state index >= 15 is 0 Å². The molecule has 18 heavy (non-hydrogen) atoms. The summed E-state index contributed by atoms with van der Waals surface area (Å²) in [7, 11) is -3.64. The van der Waals surface area contributed by atoms with Gasteiger partial charge in [0.25, 0.3) is 0 Å². The first-order valence-corrected chi connectivity index (χ1v) is 8.66. The van der Waals surface area contributed by atoms with E-state index in [1.807, 2.05) is 0 Å². The van der Waals surface area contributed by atoms with Crippen molar-refractivity contribution in [3.8, 4) is 0 Å². The Balaban J connectivity index is 2.25. The maximum absolute atomic E-state index is 12.3. The molecule has 1 unspecified atom stereocenters. The molecule has 0 aromatic heterocycles. The number of nitrogen functional groups attached to an aromatic ring is 1. The minimum absolute atomic E-state index is 0.0118. The molecular formula is C11H15ClN2O2S2. The Kier molecular flexibility index (Phi) is 4.42. The quantitative estimate of drug-likeness (QED) is 0.839. The van der Waals surface area contributed by atoms with Crippen molar-refractivity contribution in [2.45, 2.75) is 23.8 Å². The number of nitrogens with two attached hydrogens (primary N) is 1. The molecule has 0 radical (unpaired) electrons. The van der Waals surface area contributed by atoms with Crippen LogP contribution in [0.25, 0.3) is 0 Å². The molecule has 7 heteroatoms. The van der Waals surface area contributed by atoms with Crippen LogP contribution in [0.2, 0.25) is 5.02 Å². The van der Waals surface area contributed by atoms with Crippen LogP contribution in [-0.2, 0) is 10.0 Å². The smallest absolute Gasteiger partial charge is 0.244 e. The fraction of sp³-hybridized carbons (Fsp3) is 0.455. The fourth-order valence-electron chi connectivity index (χ4n) is 1.92. The van der Waals surface area contributed by atoms with E-state index in [-0.39, 0.29) is 21.6 Å². The maximum atomic E-state index is 12.3. The highest BCUT2D eigenvalue weighted by atomic mass is 35.5. The molecule has 0 spiro atoms. The molecule has 1 aliphatic heterocycles. The Hall–Kier alpha value is -0.430. The molecular weight excluding hydrogens is 292 g/mol. The lowest BCUT2D eigenvalue weighted by atomic mass is 10.2. The summed E-state index contributed by atoms with van der Waals surface area (Å²) in [5, 5.41) is 0.158. The van der Waals surface area contributed by atoms with E-state index in [0.29, 0.717) is 0 Å². The predicted molar refractivity (Wildman–Crippen MR) is 76.5 cm³/mol. The standard InChI is InChI=1S/C11H15ClN2O2S2/c12-9-4-1-5-10(13)11(9)18(15,16)14-8-3-2-6-17-7-8/h1,4-5,8,14H,2-3,6-7,13H2. The Bertz CT molecular complexity index is 508. The molecule has 4 nitrogen and oxygen atoms in total. The van der Waals surface area contributed by atoms with Crippen LogP contribution in [0.5, 0.6) is 0 Å². The normalized spacial score (nSPS) is 20.8. The molecule has 1 fully saturated rings. The Morgan fingerprint density at radius 1 is 1.44 bits per heavy atom. The lowest BCUT2D eigenvalue weighted by molar-refractivity contribution is 0.543. The van der Waals surface area contributed by atoms with Crippen molar-refractivity contribution in [1.29, 1.82) is 0 Å². The highest BCUT2D eigenvalue weighted by Crippen LogP contribution is 2.28. The topological polar surface area (TPSA) is 72.2 Å². The van der Waals surface area contributed by atoms with E-state index in [2.05, 4.69) is 4.72 Å². The molecule has 3 N–H and O–H groups in total. The summed E-state index contributed by atoms with van der Waals surface area (Å²) in [6.07, 6.45) is 1.88. The highest BCUT2D eigenvalue weighted by Gasteiger charge is 2.25. The third-order valence-corrected chi connectivity index (χ3v) is 6.03. The van der Waals surface area contributed by atoms with E-state index in [1.165, 1.54) is 12.1 Å². The van der Waals surface area contributed by atoms with Crippen LogP contribution in [-0.4, -0.2) is 26.0 Å². The van der Waals surface area contributed by atoms with Crippen molar-refractivity contribution in [2.24, 2.45) is 0 Å². The molecule has 1 heterocycles. The van der Waals surface area contributed by atoms with Gasteiger partial charge in [0, 0.05) is 11.8 Å². The van der Waals surface area contributed by atoms with Crippen molar-refractivity contribution >= 4 is 39.1 Å². The maximum Gasteiger partial charge on any atom is 0.244 e. The van der Waals surface area contributed by atoms with Gasteiger partial charge >= 0.3 is 0 Å². The van der Waals surface area contributed by atoms with Crippen LogP contribution in [0.3, 0.4) is 0 Å². The summed E-state index contributed by atoms with van der Waals surface area (Å²) in [6.45, 7) is 0. The summed E-state index contributed by atoms with van der Waals surface area (Å²) in [4.78, 5) is -0.0118. The monoisotopic (exact) mass is 306 g/mol. The average Bonchev–Trinajstić information content (AvgIpc) is 2.28. The Morgan fingerprint density at radius 2 is 2.22 bits per heavy atom. The summed E-state index contributed by atoms with van der Waals surface area (Å²) in [5.41, 5.74) is 5.88. The number of sulfonamides is 1. The lowest BCUT2D eigenvalue weighted by Gasteiger charge is -2.22. The van der Waals surface area contributed by atoms with Crippen molar-refractivity contribution in [1.82, 2.24) is 4.72 Å². The highest BCUT2D eigenvalue weighted by molar-refractivity contribution is 7.99.